The molecule has 0 fully saturated rings. The van der Waals surface area contributed by atoms with Crippen LogP contribution in [0.25, 0.3) is 6.08 Å². The summed E-state index contributed by atoms with van der Waals surface area (Å²) in [5.74, 6) is 0. The summed E-state index contributed by atoms with van der Waals surface area (Å²) in [5.41, 5.74) is 2.77. The van der Waals surface area contributed by atoms with E-state index in [2.05, 4.69) is 0 Å². The molecule has 1 aromatic rings. The first-order chi connectivity index (χ1) is 6.43. The van der Waals surface area contributed by atoms with E-state index in [0.29, 0.717) is 9.80 Å². The van der Waals surface area contributed by atoms with Crippen molar-refractivity contribution in [2.24, 2.45) is 0 Å². The zero-order chi connectivity index (χ0) is 10.5. The monoisotopic (exact) mass is 208 g/mol. The lowest BCUT2D eigenvalue weighted by atomic mass is 10.1. The average molecular weight is 208 g/mol. The highest BCUT2D eigenvalue weighted by Crippen LogP contribution is 2.35. The van der Waals surface area contributed by atoms with Gasteiger partial charge in [0.05, 0.1) is 4.90 Å². The standard InChI is InChI=1S/C11H12O2S/c1-7-4-8(2)11-10(5-7)6-9(3)14(11,12)13/h4-6H,1-3H3. The van der Waals surface area contributed by atoms with Crippen molar-refractivity contribution in [3.8, 4) is 0 Å². The van der Waals surface area contributed by atoms with E-state index in [0.717, 1.165) is 16.7 Å². The predicted molar refractivity (Wildman–Crippen MR) is 56.8 cm³/mol. The molecule has 2 rings (SSSR count). The van der Waals surface area contributed by atoms with Crippen molar-refractivity contribution in [2.75, 3.05) is 0 Å². The highest BCUT2D eigenvalue weighted by atomic mass is 32.2. The molecule has 0 N–H and O–H groups in total. The molecular formula is C11H12O2S. The van der Waals surface area contributed by atoms with E-state index in [1.165, 1.54) is 0 Å². The molecule has 2 nitrogen and oxygen atoms in total. The number of sulfone groups is 1. The van der Waals surface area contributed by atoms with Crippen LogP contribution in [0.1, 0.15) is 23.6 Å². The molecule has 0 saturated heterocycles. The lowest BCUT2D eigenvalue weighted by Crippen LogP contribution is -2.00. The Morgan fingerprint density at radius 3 is 2.36 bits per heavy atom. The van der Waals surface area contributed by atoms with Gasteiger partial charge in [0.15, 0.2) is 0 Å². The zero-order valence-corrected chi connectivity index (χ0v) is 9.27. The minimum atomic E-state index is -3.17. The Morgan fingerprint density at radius 2 is 1.71 bits per heavy atom. The van der Waals surface area contributed by atoms with Crippen molar-refractivity contribution >= 4 is 15.9 Å². The van der Waals surface area contributed by atoms with Crippen LogP contribution in [0.5, 0.6) is 0 Å². The van der Waals surface area contributed by atoms with E-state index in [1.807, 2.05) is 26.0 Å². The number of aryl methyl sites for hydroxylation is 2. The SMILES string of the molecule is CC1=Cc2cc(C)cc(C)c2S1(=O)=O. The first kappa shape index (κ1) is 9.46. The molecule has 0 aromatic heterocycles. The summed E-state index contributed by atoms with van der Waals surface area (Å²) in [6.07, 6.45) is 1.74. The maximum absolute atomic E-state index is 11.8. The minimum Gasteiger partial charge on any atom is -0.219 e. The number of fused-ring (bicyclic) bond motifs is 1. The highest BCUT2D eigenvalue weighted by molar-refractivity contribution is 7.95. The van der Waals surface area contributed by atoms with Crippen LogP contribution in [0.15, 0.2) is 21.9 Å². The van der Waals surface area contributed by atoms with E-state index in [4.69, 9.17) is 0 Å². The summed E-state index contributed by atoms with van der Waals surface area (Å²) in [4.78, 5) is 0.932. The van der Waals surface area contributed by atoms with Gasteiger partial charge in [-0.25, -0.2) is 8.42 Å². The smallest absolute Gasteiger partial charge is 0.203 e. The van der Waals surface area contributed by atoms with Gasteiger partial charge < -0.3 is 0 Å². The lowest BCUT2D eigenvalue weighted by molar-refractivity contribution is 0.602. The van der Waals surface area contributed by atoms with E-state index in [9.17, 15) is 8.42 Å². The molecule has 0 aliphatic carbocycles. The molecule has 0 spiro atoms. The second-order valence-electron chi connectivity index (χ2n) is 3.76. The Bertz CT molecular complexity index is 537. The molecule has 1 heterocycles. The van der Waals surface area contributed by atoms with Crippen molar-refractivity contribution in [3.05, 3.63) is 33.7 Å². The van der Waals surface area contributed by atoms with E-state index in [-0.39, 0.29) is 0 Å². The first-order valence-electron chi connectivity index (χ1n) is 4.47. The maximum Gasteiger partial charge on any atom is 0.203 e. The summed E-state index contributed by atoms with van der Waals surface area (Å²) in [6.45, 7) is 5.46. The van der Waals surface area contributed by atoms with Gasteiger partial charge in [-0.05, 0) is 38.0 Å². The fourth-order valence-electron chi connectivity index (χ4n) is 1.92. The van der Waals surface area contributed by atoms with Gasteiger partial charge in [-0.1, -0.05) is 17.7 Å². The lowest BCUT2D eigenvalue weighted by Gasteiger charge is -2.05. The second kappa shape index (κ2) is 2.70. The second-order valence-corrected chi connectivity index (χ2v) is 5.82. The van der Waals surface area contributed by atoms with Gasteiger partial charge in [0.25, 0.3) is 0 Å². The van der Waals surface area contributed by atoms with Gasteiger partial charge >= 0.3 is 0 Å². The largest absolute Gasteiger partial charge is 0.219 e. The topological polar surface area (TPSA) is 34.1 Å². The van der Waals surface area contributed by atoms with Crippen LogP contribution in [0.3, 0.4) is 0 Å². The van der Waals surface area contributed by atoms with Crippen LogP contribution in [-0.4, -0.2) is 8.42 Å². The molecule has 14 heavy (non-hydrogen) atoms. The van der Waals surface area contributed by atoms with Gasteiger partial charge in [0.2, 0.25) is 9.84 Å². The third kappa shape index (κ3) is 1.12. The molecule has 0 atom stereocenters. The summed E-state index contributed by atoms with van der Waals surface area (Å²) in [5, 5.41) is 0. The van der Waals surface area contributed by atoms with E-state index < -0.39 is 9.84 Å². The van der Waals surface area contributed by atoms with Gasteiger partial charge in [-0.3, -0.25) is 0 Å². The number of allylic oxidation sites excluding steroid dienone is 1. The van der Waals surface area contributed by atoms with E-state index >= 15 is 0 Å². The first-order valence-corrected chi connectivity index (χ1v) is 5.96. The van der Waals surface area contributed by atoms with Crippen molar-refractivity contribution in [1.29, 1.82) is 0 Å². The Hall–Kier alpha value is -1.09. The van der Waals surface area contributed by atoms with E-state index in [1.54, 1.807) is 13.0 Å². The van der Waals surface area contributed by atoms with Crippen molar-refractivity contribution in [2.45, 2.75) is 25.7 Å². The molecule has 1 aliphatic rings. The van der Waals surface area contributed by atoms with Gasteiger partial charge in [0.1, 0.15) is 0 Å². The zero-order valence-electron chi connectivity index (χ0n) is 8.46. The normalized spacial score (nSPS) is 17.8. The summed E-state index contributed by atoms with van der Waals surface area (Å²) < 4.78 is 23.7. The van der Waals surface area contributed by atoms with Gasteiger partial charge in [-0.15, -0.1) is 0 Å². The molecule has 0 radical (unpaired) electrons. The van der Waals surface area contributed by atoms with Crippen molar-refractivity contribution in [1.82, 2.24) is 0 Å². The maximum atomic E-state index is 11.8. The van der Waals surface area contributed by atoms with Crippen molar-refractivity contribution < 1.29 is 8.42 Å². The summed E-state index contributed by atoms with van der Waals surface area (Å²) >= 11 is 0. The van der Waals surface area contributed by atoms with Crippen LogP contribution >= 0.6 is 0 Å². The Morgan fingerprint density at radius 1 is 1.07 bits per heavy atom. The number of hydrogen-bond donors (Lipinski definition) is 0. The van der Waals surface area contributed by atoms with Crippen molar-refractivity contribution in [3.63, 3.8) is 0 Å². The molecule has 0 unspecified atom stereocenters. The van der Waals surface area contributed by atoms with Crippen LogP contribution in [-0.2, 0) is 9.84 Å². The molecule has 1 aliphatic heterocycles. The minimum absolute atomic E-state index is 0.446. The Balaban J connectivity index is 2.87. The third-order valence-electron chi connectivity index (χ3n) is 2.50. The van der Waals surface area contributed by atoms with Crippen LogP contribution in [0, 0.1) is 13.8 Å². The fraction of sp³-hybridized carbons (Fsp3) is 0.273. The molecule has 74 valence electrons. The highest BCUT2D eigenvalue weighted by Gasteiger charge is 2.28. The molecule has 0 saturated carbocycles. The van der Waals surface area contributed by atoms with Crippen LogP contribution < -0.4 is 0 Å². The average Bonchev–Trinajstić information content (AvgIpc) is 2.21. The molecule has 0 amide bonds. The number of rotatable bonds is 0. The van der Waals surface area contributed by atoms with Gasteiger partial charge in [0, 0.05) is 4.91 Å². The fourth-order valence-corrected chi connectivity index (χ4v) is 3.43. The Labute approximate surface area is 84.2 Å². The van der Waals surface area contributed by atoms with Crippen LogP contribution in [0.4, 0.5) is 0 Å². The third-order valence-corrected chi connectivity index (χ3v) is 4.56. The van der Waals surface area contributed by atoms with Gasteiger partial charge in [-0.2, -0.15) is 0 Å². The number of hydrogen-bond acceptors (Lipinski definition) is 2. The quantitative estimate of drug-likeness (QED) is 0.656. The summed E-state index contributed by atoms with van der Waals surface area (Å²) in [6, 6.07) is 3.82. The molecular weight excluding hydrogens is 196 g/mol. The number of benzene rings is 1. The summed E-state index contributed by atoms with van der Waals surface area (Å²) in [7, 11) is -3.17. The Kier molecular flexibility index (Phi) is 1.83. The predicted octanol–water partition coefficient (Wildman–Crippen LogP) is 2.45. The van der Waals surface area contributed by atoms with Crippen LogP contribution in [0.2, 0.25) is 0 Å². The molecule has 1 aromatic carbocycles. The molecule has 0 bridgehead atoms. The molecule has 3 heteroatoms.